The summed E-state index contributed by atoms with van der Waals surface area (Å²) in [5.74, 6) is -0.00264. The zero-order chi connectivity index (χ0) is 7.56. The fourth-order valence-electron chi connectivity index (χ4n) is 1.16. The molecule has 0 amide bonds. The largest absolute Gasteiger partial charge is 0.396 e. The molecule has 2 N–H and O–H groups in total. The summed E-state index contributed by atoms with van der Waals surface area (Å²) in [6.07, 6.45) is 0.0862. The summed E-state index contributed by atoms with van der Waals surface area (Å²) in [4.78, 5) is 0. The smallest absolute Gasteiger partial charge is 0.0814 e. The summed E-state index contributed by atoms with van der Waals surface area (Å²) in [6.45, 7) is 5.49. The molecule has 0 aromatic carbocycles. The molecule has 10 heavy (non-hydrogen) atoms. The Hall–Kier alpha value is -0.120. The molecule has 1 heterocycles. The van der Waals surface area contributed by atoms with Gasteiger partial charge in [0.15, 0.2) is 0 Å². The monoisotopic (exact) mass is 144 g/mol. The summed E-state index contributed by atoms with van der Waals surface area (Å²) in [6, 6.07) is 0. The predicted molar refractivity (Wildman–Crippen MR) is 35.2 cm³/mol. The van der Waals surface area contributed by atoms with E-state index in [-0.39, 0.29) is 25.2 Å². The van der Waals surface area contributed by atoms with Crippen LogP contribution in [0.5, 0.6) is 0 Å². The molecule has 0 bridgehead atoms. The van der Waals surface area contributed by atoms with Crippen LogP contribution in [0, 0.1) is 12.8 Å². The van der Waals surface area contributed by atoms with Gasteiger partial charge in [-0.3, -0.25) is 0 Å². The van der Waals surface area contributed by atoms with Crippen LogP contribution in [0.3, 0.4) is 0 Å². The van der Waals surface area contributed by atoms with Crippen molar-refractivity contribution in [1.82, 2.24) is 0 Å². The van der Waals surface area contributed by atoms with Crippen molar-refractivity contribution in [1.29, 1.82) is 0 Å². The molecule has 1 aliphatic heterocycles. The Morgan fingerprint density at radius 3 is 2.40 bits per heavy atom. The Kier molecular flexibility index (Phi) is 2.65. The van der Waals surface area contributed by atoms with Crippen molar-refractivity contribution in [3.8, 4) is 0 Å². The molecule has 0 aliphatic carbocycles. The summed E-state index contributed by atoms with van der Waals surface area (Å²) in [5, 5.41) is 17.3. The highest BCUT2D eigenvalue weighted by atomic mass is 16.5. The maximum absolute atomic E-state index is 8.71. The second kappa shape index (κ2) is 3.32. The second-order valence-corrected chi connectivity index (χ2v) is 2.58. The third-order valence-corrected chi connectivity index (χ3v) is 1.82. The van der Waals surface area contributed by atoms with E-state index in [0.29, 0.717) is 6.42 Å². The number of rotatable bonds is 2. The minimum absolute atomic E-state index is 0.00264. The Morgan fingerprint density at radius 2 is 2.10 bits per heavy atom. The molecule has 1 rings (SSSR count). The van der Waals surface area contributed by atoms with Crippen molar-refractivity contribution in [2.24, 2.45) is 5.92 Å². The lowest BCUT2D eigenvalue weighted by Gasteiger charge is -2.08. The molecule has 0 saturated carbocycles. The molecule has 1 saturated heterocycles. The molecule has 2 unspecified atom stereocenters. The van der Waals surface area contributed by atoms with Gasteiger partial charge in [0.25, 0.3) is 0 Å². The fraction of sp³-hybridized carbons (Fsp3) is 0.857. The van der Waals surface area contributed by atoms with Crippen molar-refractivity contribution in [3.63, 3.8) is 0 Å². The van der Waals surface area contributed by atoms with Gasteiger partial charge < -0.3 is 14.9 Å². The highest BCUT2D eigenvalue weighted by molar-refractivity contribution is 4.82. The highest BCUT2D eigenvalue weighted by Crippen LogP contribution is 2.24. The van der Waals surface area contributed by atoms with E-state index in [9.17, 15) is 0 Å². The van der Waals surface area contributed by atoms with Gasteiger partial charge in [-0.2, -0.15) is 0 Å². The number of aliphatic hydroxyl groups excluding tert-OH is 2. The molecule has 1 fully saturated rings. The van der Waals surface area contributed by atoms with Crippen molar-refractivity contribution in [3.05, 3.63) is 6.92 Å². The van der Waals surface area contributed by atoms with Crippen molar-refractivity contribution in [2.75, 3.05) is 13.2 Å². The van der Waals surface area contributed by atoms with Crippen LogP contribution in [0.15, 0.2) is 0 Å². The van der Waals surface area contributed by atoms with Crippen LogP contribution in [0.4, 0.5) is 0 Å². The molecule has 0 aromatic rings. The van der Waals surface area contributed by atoms with Crippen LogP contribution < -0.4 is 0 Å². The van der Waals surface area contributed by atoms with Crippen molar-refractivity contribution in [2.45, 2.75) is 18.6 Å². The van der Waals surface area contributed by atoms with Gasteiger partial charge >= 0.3 is 0 Å². The van der Waals surface area contributed by atoms with Gasteiger partial charge in [0.1, 0.15) is 0 Å². The SMILES string of the molecule is [CH]C1O[C@H](CO)CC1CO. The molecule has 0 spiro atoms. The summed E-state index contributed by atoms with van der Waals surface area (Å²) in [5.41, 5.74) is 0. The Bertz CT molecular complexity index is 105. The number of aliphatic hydroxyl groups is 2. The normalized spacial score (nSPS) is 40.5. The van der Waals surface area contributed by atoms with E-state index >= 15 is 0 Å². The minimum Gasteiger partial charge on any atom is -0.396 e. The van der Waals surface area contributed by atoms with Crippen LogP contribution in [0.1, 0.15) is 6.42 Å². The maximum atomic E-state index is 8.71. The van der Waals surface area contributed by atoms with E-state index in [0.717, 1.165) is 0 Å². The van der Waals surface area contributed by atoms with E-state index in [2.05, 4.69) is 0 Å². The van der Waals surface area contributed by atoms with Crippen LogP contribution in [0.2, 0.25) is 0 Å². The van der Waals surface area contributed by atoms with Crippen LogP contribution in [-0.2, 0) is 4.74 Å². The number of hydrogen-bond donors (Lipinski definition) is 2. The molecular formula is C7H12O3. The van der Waals surface area contributed by atoms with Gasteiger partial charge in [0, 0.05) is 12.5 Å². The van der Waals surface area contributed by atoms with Gasteiger partial charge in [-0.1, -0.05) is 0 Å². The third-order valence-electron chi connectivity index (χ3n) is 1.82. The molecular weight excluding hydrogens is 132 g/mol. The number of ether oxygens (including phenoxy) is 1. The van der Waals surface area contributed by atoms with Crippen LogP contribution in [-0.4, -0.2) is 35.6 Å². The lowest BCUT2D eigenvalue weighted by molar-refractivity contribution is 0.0218. The Labute approximate surface area is 60.6 Å². The van der Waals surface area contributed by atoms with E-state index < -0.39 is 6.10 Å². The molecule has 3 atom stereocenters. The van der Waals surface area contributed by atoms with E-state index in [1.54, 1.807) is 0 Å². The third kappa shape index (κ3) is 1.48. The average Bonchev–Trinajstić information content (AvgIpc) is 2.30. The zero-order valence-corrected chi connectivity index (χ0v) is 5.73. The highest BCUT2D eigenvalue weighted by Gasteiger charge is 2.30. The minimum atomic E-state index is -0.401. The first-order valence-electron chi connectivity index (χ1n) is 3.40. The lowest BCUT2D eigenvalue weighted by Crippen LogP contribution is -2.15. The topological polar surface area (TPSA) is 49.7 Å². The first-order valence-corrected chi connectivity index (χ1v) is 3.40. The Morgan fingerprint density at radius 1 is 1.40 bits per heavy atom. The van der Waals surface area contributed by atoms with Crippen molar-refractivity contribution < 1.29 is 14.9 Å². The van der Waals surface area contributed by atoms with Gasteiger partial charge in [0.2, 0.25) is 0 Å². The van der Waals surface area contributed by atoms with Gasteiger partial charge in [-0.25, -0.2) is 0 Å². The molecule has 3 heteroatoms. The predicted octanol–water partition coefficient (Wildman–Crippen LogP) is -0.544. The van der Waals surface area contributed by atoms with Gasteiger partial charge in [-0.15, -0.1) is 0 Å². The quantitative estimate of drug-likeness (QED) is 0.547. The maximum Gasteiger partial charge on any atom is 0.0814 e. The standard InChI is InChI=1S/C7H12O3/c1-5-6(3-8)2-7(4-9)10-5/h1,5-9H,2-4H2/t5?,6?,7-/m0/s1. The Balaban J connectivity index is 2.36. The molecule has 58 valence electrons. The molecule has 2 radical (unpaired) electrons. The number of hydrogen-bond acceptors (Lipinski definition) is 3. The van der Waals surface area contributed by atoms with Crippen LogP contribution in [0.25, 0.3) is 0 Å². The van der Waals surface area contributed by atoms with Gasteiger partial charge in [0.05, 0.1) is 18.8 Å². The van der Waals surface area contributed by atoms with Crippen LogP contribution >= 0.6 is 0 Å². The van der Waals surface area contributed by atoms with E-state index in [4.69, 9.17) is 21.9 Å². The summed E-state index contributed by atoms with van der Waals surface area (Å²) >= 11 is 0. The molecule has 0 aromatic heterocycles. The van der Waals surface area contributed by atoms with Crippen molar-refractivity contribution >= 4 is 0 Å². The summed E-state index contributed by atoms with van der Waals surface area (Å²) < 4.78 is 5.08. The van der Waals surface area contributed by atoms with Gasteiger partial charge in [-0.05, 0) is 13.3 Å². The first kappa shape index (κ1) is 7.98. The van der Waals surface area contributed by atoms with E-state index in [1.807, 2.05) is 0 Å². The fourth-order valence-corrected chi connectivity index (χ4v) is 1.16. The lowest BCUT2D eigenvalue weighted by atomic mass is 10.0. The second-order valence-electron chi connectivity index (χ2n) is 2.58. The molecule has 1 aliphatic rings. The molecule has 3 nitrogen and oxygen atoms in total. The average molecular weight is 144 g/mol. The summed E-state index contributed by atoms with van der Waals surface area (Å²) in [7, 11) is 0. The zero-order valence-electron chi connectivity index (χ0n) is 5.73. The first-order chi connectivity index (χ1) is 4.77. The van der Waals surface area contributed by atoms with E-state index in [1.165, 1.54) is 0 Å².